The zero-order chi connectivity index (χ0) is 12.3. The van der Waals surface area contributed by atoms with Crippen molar-refractivity contribution >= 4 is 21.6 Å². The van der Waals surface area contributed by atoms with E-state index < -0.39 is 0 Å². The number of hydrogen-bond acceptors (Lipinski definition) is 4. The van der Waals surface area contributed by atoms with E-state index in [1.54, 1.807) is 18.6 Å². The minimum absolute atomic E-state index is 0.102. The van der Waals surface area contributed by atoms with Gasteiger partial charge in [0.25, 0.3) is 0 Å². The molecular weight excluding hydrogens is 280 g/mol. The average Bonchev–Trinajstić information content (AvgIpc) is 2.34. The Morgan fingerprint density at radius 1 is 1.29 bits per heavy atom. The summed E-state index contributed by atoms with van der Waals surface area (Å²) in [7, 11) is 0. The van der Waals surface area contributed by atoms with Crippen LogP contribution in [0.2, 0.25) is 0 Å². The van der Waals surface area contributed by atoms with Crippen LogP contribution in [0.15, 0.2) is 35.3 Å². The maximum atomic E-state index is 4.34. The maximum Gasteiger partial charge on any atom is 0.106 e. The number of aromatic nitrogens is 3. The van der Waals surface area contributed by atoms with Gasteiger partial charge in [0, 0.05) is 12.4 Å². The molecule has 1 atom stereocenters. The van der Waals surface area contributed by atoms with E-state index in [2.05, 4.69) is 36.2 Å². The SMILES string of the molecule is Cc1nc(Br)ccc1NC(C)c1cnccn1. The third kappa shape index (κ3) is 3.00. The van der Waals surface area contributed by atoms with Gasteiger partial charge in [-0.05, 0) is 41.9 Å². The Hall–Kier alpha value is -1.49. The van der Waals surface area contributed by atoms with Crippen LogP contribution in [0, 0.1) is 6.92 Å². The van der Waals surface area contributed by atoms with E-state index in [9.17, 15) is 0 Å². The molecule has 2 heterocycles. The first kappa shape index (κ1) is 12.0. The van der Waals surface area contributed by atoms with Crippen molar-refractivity contribution in [3.8, 4) is 0 Å². The number of halogens is 1. The number of nitrogens with zero attached hydrogens (tertiary/aromatic N) is 3. The topological polar surface area (TPSA) is 50.7 Å². The zero-order valence-corrected chi connectivity index (χ0v) is 11.3. The highest BCUT2D eigenvalue weighted by atomic mass is 79.9. The number of hydrogen-bond donors (Lipinski definition) is 1. The molecule has 0 fully saturated rings. The van der Waals surface area contributed by atoms with Gasteiger partial charge in [-0.25, -0.2) is 4.98 Å². The highest BCUT2D eigenvalue weighted by Gasteiger charge is 2.08. The van der Waals surface area contributed by atoms with Gasteiger partial charge in [0.1, 0.15) is 4.60 Å². The number of aryl methyl sites for hydroxylation is 1. The van der Waals surface area contributed by atoms with E-state index in [1.807, 2.05) is 26.0 Å². The molecule has 1 N–H and O–H groups in total. The molecule has 5 heteroatoms. The molecule has 0 spiro atoms. The van der Waals surface area contributed by atoms with Crippen molar-refractivity contribution in [2.45, 2.75) is 19.9 Å². The highest BCUT2D eigenvalue weighted by molar-refractivity contribution is 9.10. The molecule has 0 aliphatic heterocycles. The lowest BCUT2D eigenvalue weighted by Gasteiger charge is -2.15. The van der Waals surface area contributed by atoms with E-state index in [0.29, 0.717) is 0 Å². The maximum absolute atomic E-state index is 4.34. The molecule has 1 unspecified atom stereocenters. The van der Waals surface area contributed by atoms with Crippen LogP contribution < -0.4 is 5.32 Å². The molecule has 0 aliphatic carbocycles. The first-order chi connectivity index (χ1) is 8.16. The fourth-order valence-electron chi connectivity index (χ4n) is 1.52. The van der Waals surface area contributed by atoms with Crippen LogP contribution in [0.4, 0.5) is 5.69 Å². The minimum atomic E-state index is 0.102. The lowest BCUT2D eigenvalue weighted by atomic mass is 10.2. The van der Waals surface area contributed by atoms with Crippen molar-refractivity contribution in [1.29, 1.82) is 0 Å². The summed E-state index contributed by atoms with van der Waals surface area (Å²) in [5.74, 6) is 0. The van der Waals surface area contributed by atoms with Crippen molar-refractivity contribution in [2.24, 2.45) is 0 Å². The lowest BCUT2D eigenvalue weighted by molar-refractivity contribution is 0.824. The highest BCUT2D eigenvalue weighted by Crippen LogP contribution is 2.21. The van der Waals surface area contributed by atoms with E-state index in [1.165, 1.54) is 0 Å². The molecule has 2 rings (SSSR count). The van der Waals surface area contributed by atoms with Crippen LogP contribution in [0.25, 0.3) is 0 Å². The fraction of sp³-hybridized carbons (Fsp3) is 0.250. The van der Waals surface area contributed by atoms with E-state index in [4.69, 9.17) is 0 Å². The van der Waals surface area contributed by atoms with Crippen LogP contribution in [0.3, 0.4) is 0 Å². The zero-order valence-electron chi connectivity index (χ0n) is 9.68. The largest absolute Gasteiger partial charge is 0.375 e. The first-order valence-electron chi connectivity index (χ1n) is 5.32. The predicted molar refractivity (Wildman–Crippen MR) is 70.7 cm³/mol. The van der Waals surface area contributed by atoms with Gasteiger partial charge in [0.2, 0.25) is 0 Å². The van der Waals surface area contributed by atoms with Crippen molar-refractivity contribution in [3.05, 3.63) is 46.7 Å². The van der Waals surface area contributed by atoms with Gasteiger partial charge in [0.05, 0.1) is 29.3 Å². The molecule has 88 valence electrons. The molecule has 0 aliphatic rings. The lowest BCUT2D eigenvalue weighted by Crippen LogP contribution is -2.10. The Morgan fingerprint density at radius 3 is 2.76 bits per heavy atom. The minimum Gasteiger partial charge on any atom is -0.375 e. The van der Waals surface area contributed by atoms with Crippen LogP contribution in [-0.2, 0) is 0 Å². The molecular formula is C12H13BrN4. The molecule has 2 aromatic rings. The number of pyridine rings is 1. The monoisotopic (exact) mass is 292 g/mol. The quantitative estimate of drug-likeness (QED) is 0.883. The standard InChI is InChI=1S/C12H13BrN4/c1-8-10(3-4-12(13)17-8)16-9(2)11-7-14-5-6-15-11/h3-7,9,16H,1-2H3. The summed E-state index contributed by atoms with van der Waals surface area (Å²) in [6, 6.07) is 4.02. The molecule has 2 aromatic heterocycles. The Morgan fingerprint density at radius 2 is 2.12 bits per heavy atom. The van der Waals surface area contributed by atoms with Crippen molar-refractivity contribution < 1.29 is 0 Å². The third-order valence-corrected chi connectivity index (χ3v) is 2.89. The summed E-state index contributed by atoms with van der Waals surface area (Å²) in [5, 5.41) is 3.37. The summed E-state index contributed by atoms with van der Waals surface area (Å²) < 4.78 is 0.840. The Kier molecular flexibility index (Phi) is 3.68. The van der Waals surface area contributed by atoms with E-state index in [-0.39, 0.29) is 6.04 Å². The van der Waals surface area contributed by atoms with Crippen LogP contribution in [-0.4, -0.2) is 15.0 Å². The van der Waals surface area contributed by atoms with Gasteiger partial charge in [-0.15, -0.1) is 0 Å². The predicted octanol–water partition coefficient (Wildman–Crippen LogP) is 3.12. The van der Waals surface area contributed by atoms with Gasteiger partial charge in [-0.1, -0.05) is 0 Å². The molecule has 0 saturated carbocycles. The van der Waals surface area contributed by atoms with Gasteiger partial charge in [-0.2, -0.15) is 0 Å². The van der Waals surface area contributed by atoms with Gasteiger partial charge < -0.3 is 5.32 Å². The van der Waals surface area contributed by atoms with E-state index in [0.717, 1.165) is 21.7 Å². The molecule has 4 nitrogen and oxygen atoms in total. The fourth-order valence-corrected chi connectivity index (χ4v) is 1.92. The summed E-state index contributed by atoms with van der Waals surface area (Å²) in [4.78, 5) is 12.7. The van der Waals surface area contributed by atoms with Gasteiger partial charge in [-0.3, -0.25) is 9.97 Å². The number of anilines is 1. The molecule has 0 bridgehead atoms. The van der Waals surface area contributed by atoms with Crippen molar-refractivity contribution in [1.82, 2.24) is 15.0 Å². The van der Waals surface area contributed by atoms with Crippen LogP contribution >= 0.6 is 15.9 Å². The Balaban J connectivity index is 2.16. The molecule has 0 radical (unpaired) electrons. The number of nitrogens with one attached hydrogen (secondary N) is 1. The smallest absolute Gasteiger partial charge is 0.106 e. The summed E-state index contributed by atoms with van der Waals surface area (Å²) in [5.41, 5.74) is 2.87. The molecule has 0 amide bonds. The second-order valence-electron chi connectivity index (χ2n) is 3.76. The Bertz CT molecular complexity index is 501. The van der Waals surface area contributed by atoms with E-state index >= 15 is 0 Å². The van der Waals surface area contributed by atoms with Crippen molar-refractivity contribution in [3.63, 3.8) is 0 Å². The van der Waals surface area contributed by atoms with Gasteiger partial charge >= 0.3 is 0 Å². The van der Waals surface area contributed by atoms with Crippen molar-refractivity contribution in [2.75, 3.05) is 5.32 Å². The molecule has 0 saturated heterocycles. The summed E-state index contributed by atoms with van der Waals surface area (Å²) >= 11 is 3.35. The van der Waals surface area contributed by atoms with Gasteiger partial charge in [0.15, 0.2) is 0 Å². The second-order valence-corrected chi connectivity index (χ2v) is 4.58. The normalized spacial score (nSPS) is 12.2. The summed E-state index contributed by atoms with van der Waals surface area (Å²) in [6.45, 7) is 4.02. The average molecular weight is 293 g/mol. The Labute approximate surface area is 109 Å². The third-order valence-electron chi connectivity index (χ3n) is 2.45. The molecule has 0 aromatic carbocycles. The second kappa shape index (κ2) is 5.23. The summed E-state index contributed by atoms with van der Waals surface area (Å²) in [6.07, 6.45) is 5.13. The van der Waals surface area contributed by atoms with Crippen LogP contribution in [0.1, 0.15) is 24.4 Å². The number of rotatable bonds is 3. The van der Waals surface area contributed by atoms with Crippen LogP contribution in [0.5, 0.6) is 0 Å². The molecule has 17 heavy (non-hydrogen) atoms. The first-order valence-corrected chi connectivity index (χ1v) is 6.11.